The number of ether oxygens (including phenoxy) is 1. The van der Waals surface area contributed by atoms with Gasteiger partial charge in [0, 0.05) is 42.8 Å². The monoisotopic (exact) mass is 332 g/mol. The SMILES string of the molecule is COc1c(O)cc(Br)c(CCN2CCNCC2)c1F. The number of rotatable bonds is 4. The average Bonchev–Trinajstić information content (AvgIpc) is 2.39. The lowest BCUT2D eigenvalue weighted by atomic mass is 10.1. The Hall–Kier alpha value is -0.850. The summed E-state index contributed by atoms with van der Waals surface area (Å²) in [6.07, 6.45) is 0.586. The highest BCUT2D eigenvalue weighted by Crippen LogP contribution is 2.36. The molecule has 1 aromatic rings. The number of methoxy groups -OCH3 is 1. The minimum Gasteiger partial charge on any atom is -0.504 e. The third-order valence-corrected chi connectivity index (χ3v) is 4.05. The maximum Gasteiger partial charge on any atom is 0.196 e. The van der Waals surface area contributed by atoms with Gasteiger partial charge in [-0.3, -0.25) is 0 Å². The standard InChI is InChI=1S/C13H18BrFN2O2/c1-19-13-11(18)8-10(14)9(12(13)15)2-5-17-6-3-16-4-7-17/h8,16,18H,2-7H2,1H3. The van der Waals surface area contributed by atoms with E-state index in [0.29, 0.717) is 16.5 Å². The van der Waals surface area contributed by atoms with E-state index in [9.17, 15) is 9.50 Å². The minimum atomic E-state index is -0.482. The van der Waals surface area contributed by atoms with Crippen LogP contribution < -0.4 is 10.1 Å². The Morgan fingerprint density at radius 2 is 2.16 bits per heavy atom. The molecule has 2 rings (SSSR count). The second kappa shape index (κ2) is 6.54. The van der Waals surface area contributed by atoms with Gasteiger partial charge in [-0.15, -0.1) is 0 Å². The maximum atomic E-state index is 14.2. The molecule has 1 aromatic carbocycles. The fraction of sp³-hybridized carbons (Fsp3) is 0.538. The zero-order chi connectivity index (χ0) is 13.8. The first kappa shape index (κ1) is 14.6. The van der Waals surface area contributed by atoms with Crippen LogP contribution >= 0.6 is 15.9 Å². The quantitative estimate of drug-likeness (QED) is 0.881. The van der Waals surface area contributed by atoms with E-state index in [0.717, 1.165) is 32.7 Å². The van der Waals surface area contributed by atoms with Gasteiger partial charge in [0.1, 0.15) is 0 Å². The zero-order valence-electron chi connectivity index (χ0n) is 10.9. The van der Waals surface area contributed by atoms with Crippen molar-refractivity contribution in [1.29, 1.82) is 0 Å². The Labute approximate surface area is 120 Å². The number of aromatic hydroxyl groups is 1. The van der Waals surface area contributed by atoms with Crippen LogP contribution in [0.2, 0.25) is 0 Å². The van der Waals surface area contributed by atoms with Gasteiger partial charge in [0.25, 0.3) is 0 Å². The summed E-state index contributed by atoms with van der Waals surface area (Å²) in [6.45, 7) is 4.71. The van der Waals surface area contributed by atoms with Crippen molar-refractivity contribution in [3.63, 3.8) is 0 Å². The first-order valence-corrected chi connectivity index (χ1v) is 7.09. The predicted octanol–water partition coefficient (Wildman–Crippen LogP) is 1.75. The molecule has 0 amide bonds. The molecule has 1 aliphatic heterocycles. The van der Waals surface area contributed by atoms with E-state index in [1.807, 2.05) is 0 Å². The number of hydrogen-bond acceptors (Lipinski definition) is 4. The number of halogens is 2. The van der Waals surface area contributed by atoms with Crippen LogP contribution in [-0.4, -0.2) is 49.8 Å². The van der Waals surface area contributed by atoms with Gasteiger partial charge in [0.15, 0.2) is 17.3 Å². The van der Waals surface area contributed by atoms with E-state index >= 15 is 0 Å². The molecule has 0 unspecified atom stereocenters. The first-order chi connectivity index (χ1) is 9.13. The summed E-state index contributed by atoms with van der Waals surface area (Å²) >= 11 is 3.30. The van der Waals surface area contributed by atoms with Gasteiger partial charge in [-0.25, -0.2) is 4.39 Å². The molecule has 19 heavy (non-hydrogen) atoms. The van der Waals surface area contributed by atoms with Crippen LogP contribution in [0.25, 0.3) is 0 Å². The molecule has 0 saturated carbocycles. The molecule has 0 spiro atoms. The van der Waals surface area contributed by atoms with E-state index in [4.69, 9.17) is 4.74 Å². The highest BCUT2D eigenvalue weighted by Gasteiger charge is 2.18. The van der Waals surface area contributed by atoms with E-state index in [1.54, 1.807) is 0 Å². The fourth-order valence-corrected chi connectivity index (χ4v) is 2.84. The van der Waals surface area contributed by atoms with Gasteiger partial charge in [0.05, 0.1) is 7.11 Å². The largest absolute Gasteiger partial charge is 0.504 e. The number of nitrogens with one attached hydrogen (secondary N) is 1. The van der Waals surface area contributed by atoms with Crippen LogP contribution in [0.4, 0.5) is 4.39 Å². The lowest BCUT2D eigenvalue weighted by Gasteiger charge is -2.27. The number of piperazine rings is 1. The Balaban J connectivity index is 2.10. The summed E-state index contributed by atoms with van der Waals surface area (Å²) in [5.74, 6) is -0.749. The topological polar surface area (TPSA) is 44.7 Å². The average molecular weight is 333 g/mol. The summed E-state index contributed by atoms with van der Waals surface area (Å²) in [6, 6.07) is 1.48. The second-order valence-corrected chi connectivity index (χ2v) is 5.40. The van der Waals surface area contributed by atoms with Crippen LogP contribution in [0.15, 0.2) is 10.5 Å². The highest BCUT2D eigenvalue weighted by atomic mass is 79.9. The minimum absolute atomic E-state index is 0.0847. The lowest BCUT2D eigenvalue weighted by Crippen LogP contribution is -2.44. The third kappa shape index (κ3) is 3.38. The Bertz CT molecular complexity index is 451. The molecule has 0 atom stereocenters. The molecule has 4 nitrogen and oxygen atoms in total. The predicted molar refractivity (Wildman–Crippen MR) is 75.3 cm³/mol. The van der Waals surface area contributed by atoms with Crippen molar-refractivity contribution in [1.82, 2.24) is 10.2 Å². The Morgan fingerprint density at radius 1 is 1.47 bits per heavy atom. The fourth-order valence-electron chi connectivity index (χ4n) is 2.26. The van der Waals surface area contributed by atoms with Crippen molar-refractivity contribution >= 4 is 15.9 Å². The van der Waals surface area contributed by atoms with Crippen LogP contribution in [0.3, 0.4) is 0 Å². The van der Waals surface area contributed by atoms with Gasteiger partial charge >= 0.3 is 0 Å². The molecule has 0 radical (unpaired) electrons. The molecule has 6 heteroatoms. The number of hydrogen-bond donors (Lipinski definition) is 2. The van der Waals surface area contributed by atoms with Gasteiger partial charge in [0.2, 0.25) is 0 Å². The summed E-state index contributed by atoms with van der Waals surface area (Å²) < 4.78 is 19.7. The first-order valence-electron chi connectivity index (χ1n) is 6.30. The molecular formula is C13H18BrFN2O2. The van der Waals surface area contributed by atoms with E-state index in [1.165, 1.54) is 13.2 Å². The maximum absolute atomic E-state index is 14.2. The van der Waals surface area contributed by atoms with E-state index < -0.39 is 5.82 Å². The molecule has 1 heterocycles. The molecule has 1 aliphatic rings. The normalized spacial score (nSPS) is 16.6. The zero-order valence-corrected chi connectivity index (χ0v) is 12.5. The van der Waals surface area contributed by atoms with Crippen molar-refractivity contribution in [3.8, 4) is 11.5 Å². The highest BCUT2D eigenvalue weighted by molar-refractivity contribution is 9.10. The van der Waals surface area contributed by atoms with Crippen molar-refractivity contribution in [2.24, 2.45) is 0 Å². The second-order valence-electron chi connectivity index (χ2n) is 4.54. The van der Waals surface area contributed by atoms with Crippen molar-refractivity contribution in [2.45, 2.75) is 6.42 Å². The van der Waals surface area contributed by atoms with Gasteiger partial charge in [-0.2, -0.15) is 0 Å². The van der Waals surface area contributed by atoms with Crippen molar-refractivity contribution in [2.75, 3.05) is 39.8 Å². The molecule has 1 fully saturated rings. The van der Waals surface area contributed by atoms with E-state index in [-0.39, 0.29) is 11.5 Å². The Morgan fingerprint density at radius 3 is 2.79 bits per heavy atom. The summed E-state index contributed by atoms with van der Waals surface area (Å²) in [7, 11) is 1.35. The summed E-state index contributed by atoms with van der Waals surface area (Å²) in [5, 5.41) is 12.9. The molecule has 0 bridgehead atoms. The summed E-state index contributed by atoms with van der Waals surface area (Å²) in [4.78, 5) is 2.29. The smallest absolute Gasteiger partial charge is 0.196 e. The van der Waals surface area contributed by atoms with Crippen LogP contribution in [0.5, 0.6) is 11.5 Å². The molecule has 106 valence electrons. The summed E-state index contributed by atoms with van der Waals surface area (Å²) in [5.41, 5.74) is 0.549. The Kier molecular flexibility index (Phi) is 5.01. The molecule has 1 saturated heterocycles. The number of phenolic OH excluding ortho intramolecular Hbond substituents is 1. The molecule has 2 N–H and O–H groups in total. The molecular weight excluding hydrogens is 315 g/mol. The number of nitrogens with zero attached hydrogens (tertiary/aromatic N) is 1. The van der Waals surface area contributed by atoms with Crippen LogP contribution in [0.1, 0.15) is 5.56 Å². The van der Waals surface area contributed by atoms with Gasteiger partial charge in [-0.05, 0) is 12.5 Å². The van der Waals surface area contributed by atoms with Crippen molar-refractivity contribution < 1.29 is 14.2 Å². The van der Waals surface area contributed by atoms with Crippen molar-refractivity contribution in [3.05, 3.63) is 21.9 Å². The number of benzene rings is 1. The van der Waals surface area contributed by atoms with E-state index in [2.05, 4.69) is 26.1 Å². The number of phenols is 1. The molecule has 0 aliphatic carbocycles. The third-order valence-electron chi connectivity index (χ3n) is 3.34. The van der Waals surface area contributed by atoms with Gasteiger partial charge < -0.3 is 20.1 Å². The van der Waals surface area contributed by atoms with Crippen LogP contribution in [-0.2, 0) is 6.42 Å². The van der Waals surface area contributed by atoms with Gasteiger partial charge in [-0.1, -0.05) is 15.9 Å². The molecule has 0 aromatic heterocycles. The van der Waals surface area contributed by atoms with Crippen LogP contribution in [0, 0.1) is 5.82 Å². The lowest BCUT2D eigenvalue weighted by molar-refractivity contribution is 0.242.